The second kappa shape index (κ2) is 5.75. The van der Waals surface area contributed by atoms with Gasteiger partial charge in [-0.15, -0.1) is 0 Å². The largest absolute Gasteiger partial charge is 0.369 e. The van der Waals surface area contributed by atoms with Crippen molar-refractivity contribution in [2.75, 3.05) is 18.8 Å². The van der Waals surface area contributed by atoms with Gasteiger partial charge in [-0.2, -0.15) is 5.10 Å². The molecule has 7 nitrogen and oxygen atoms in total. The number of aromatic nitrogens is 4. The molecular weight excluding hydrogens is 268 g/mol. The zero-order valence-corrected chi connectivity index (χ0v) is 13.4. The topological polar surface area (TPSA) is 82.0 Å². The number of aryl methyl sites for hydroxylation is 2. The second-order valence-corrected chi connectivity index (χ2v) is 5.12. The SMILES string of the molecule is CCc1nn(C)c2c1nc(N)n2C(C)C(=O)N(CC)CC. The number of nitrogens with zero attached hydrogens (tertiary/aromatic N) is 5. The number of fused-ring (bicyclic) bond motifs is 1. The van der Waals surface area contributed by atoms with Crippen LogP contribution < -0.4 is 5.73 Å². The number of hydrogen-bond acceptors (Lipinski definition) is 4. The van der Waals surface area contributed by atoms with Crippen molar-refractivity contribution in [3.8, 4) is 0 Å². The van der Waals surface area contributed by atoms with Gasteiger partial charge >= 0.3 is 0 Å². The van der Waals surface area contributed by atoms with Crippen molar-refractivity contribution in [3.05, 3.63) is 5.69 Å². The zero-order valence-electron chi connectivity index (χ0n) is 13.4. The summed E-state index contributed by atoms with van der Waals surface area (Å²) in [7, 11) is 1.85. The van der Waals surface area contributed by atoms with Crippen LogP contribution in [0.4, 0.5) is 5.95 Å². The average molecular weight is 292 g/mol. The van der Waals surface area contributed by atoms with Gasteiger partial charge in [0.05, 0.1) is 5.69 Å². The summed E-state index contributed by atoms with van der Waals surface area (Å²) in [4.78, 5) is 18.8. The van der Waals surface area contributed by atoms with Crippen molar-refractivity contribution < 1.29 is 4.79 Å². The monoisotopic (exact) mass is 292 g/mol. The minimum Gasteiger partial charge on any atom is -0.369 e. The van der Waals surface area contributed by atoms with Gasteiger partial charge in [-0.25, -0.2) is 4.98 Å². The first kappa shape index (κ1) is 15.3. The summed E-state index contributed by atoms with van der Waals surface area (Å²) in [5.41, 5.74) is 8.55. The van der Waals surface area contributed by atoms with Crippen molar-refractivity contribution in [2.45, 2.75) is 40.2 Å². The highest BCUT2D eigenvalue weighted by Gasteiger charge is 2.26. The number of hydrogen-bond donors (Lipinski definition) is 1. The van der Waals surface area contributed by atoms with E-state index in [-0.39, 0.29) is 5.91 Å². The normalized spacial score (nSPS) is 12.8. The molecule has 0 aliphatic carbocycles. The third kappa shape index (κ3) is 2.36. The highest BCUT2D eigenvalue weighted by atomic mass is 16.2. The molecular formula is C14H24N6O. The van der Waals surface area contributed by atoms with Crippen LogP contribution in [0.15, 0.2) is 0 Å². The predicted molar refractivity (Wildman–Crippen MR) is 82.9 cm³/mol. The third-order valence-electron chi connectivity index (χ3n) is 3.92. The van der Waals surface area contributed by atoms with Gasteiger partial charge in [0, 0.05) is 20.1 Å². The molecule has 116 valence electrons. The first-order valence-corrected chi connectivity index (χ1v) is 7.44. The molecule has 0 bridgehead atoms. The van der Waals surface area contributed by atoms with Crippen LogP contribution in [0.1, 0.15) is 39.4 Å². The second-order valence-electron chi connectivity index (χ2n) is 5.12. The van der Waals surface area contributed by atoms with E-state index in [4.69, 9.17) is 5.73 Å². The van der Waals surface area contributed by atoms with Gasteiger partial charge in [0.1, 0.15) is 11.6 Å². The molecule has 0 fully saturated rings. The summed E-state index contributed by atoms with van der Waals surface area (Å²) in [5.74, 6) is 0.408. The Bertz CT molecular complexity index is 652. The Morgan fingerprint density at radius 3 is 2.48 bits per heavy atom. The Morgan fingerprint density at radius 2 is 1.95 bits per heavy atom. The molecule has 0 aliphatic heterocycles. The lowest BCUT2D eigenvalue weighted by atomic mass is 10.2. The number of rotatable bonds is 5. The van der Waals surface area contributed by atoms with Crippen molar-refractivity contribution in [2.24, 2.45) is 7.05 Å². The molecule has 1 amide bonds. The molecule has 2 rings (SSSR count). The Kier molecular flexibility index (Phi) is 4.20. The van der Waals surface area contributed by atoms with Crippen molar-refractivity contribution in [3.63, 3.8) is 0 Å². The van der Waals surface area contributed by atoms with E-state index in [2.05, 4.69) is 10.1 Å². The zero-order chi connectivity index (χ0) is 15.7. The van der Waals surface area contributed by atoms with Gasteiger partial charge in [0.2, 0.25) is 11.9 Å². The van der Waals surface area contributed by atoms with Crippen molar-refractivity contribution >= 4 is 23.0 Å². The maximum atomic E-state index is 12.6. The van der Waals surface area contributed by atoms with Crippen LogP contribution in [0.2, 0.25) is 0 Å². The number of nitrogens with two attached hydrogens (primary N) is 1. The van der Waals surface area contributed by atoms with E-state index in [0.29, 0.717) is 19.0 Å². The molecule has 0 aromatic carbocycles. The number of amides is 1. The number of imidazole rings is 1. The van der Waals surface area contributed by atoms with E-state index in [0.717, 1.165) is 23.3 Å². The van der Waals surface area contributed by atoms with Crippen LogP contribution in [-0.2, 0) is 18.3 Å². The first-order chi connectivity index (χ1) is 9.96. The summed E-state index contributed by atoms with van der Waals surface area (Å²) >= 11 is 0. The first-order valence-electron chi connectivity index (χ1n) is 7.44. The fraction of sp³-hybridized carbons (Fsp3) is 0.643. The maximum absolute atomic E-state index is 12.6. The molecule has 2 N–H and O–H groups in total. The lowest BCUT2D eigenvalue weighted by Crippen LogP contribution is -2.36. The molecule has 7 heteroatoms. The highest BCUT2D eigenvalue weighted by Crippen LogP contribution is 2.26. The van der Waals surface area contributed by atoms with Gasteiger partial charge in [0.15, 0.2) is 5.65 Å². The molecule has 0 aliphatic rings. The standard InChI is InChI=1S/C14H24N6O/c1-6-10-11-12(18(5)17-10)20(14(15)16-11)9(4)13(21)19(7-2)8-3/h9H,6-8H2,1-5H3,(H2,15,16). The summed E-state index contributed by atoms with van der Waals surface area (Å²) in [6.45, 7) is 9.20. The molecule has 1 atom stereocenters. The van der Waals surface area contributed by atoms with E-state index in [1.165, 1.54) is 0 Å². The van der Waals surface area contributed by atoms with Gasteiger partial charge in [0.25, 0.3) is 0 Å². The van der Waals surface area contributed by atoms with Crippen molar-refractivity contribution in [1.29, 1.82) is 0 Å². The summed E-state index contributed by atoms with van der Waals surface area (Å²) < 4.78 is 3.53. The smallest absolute Gasteiger partial charge is 0.245 e. The Balaban J connectivity index is 2.53. The lowest BCUT2D eigenvalue weighted by molar-refractivity contribution is -0.133. The molecule has 2 aromatic heterocycles. The van der Waals surface area contributed by atoms with Crippen LogP contribution in [-0.4, -0.2) is 43.2 Å². The fourth-order valence-corrected chi connectivity index (χ4v) is 2.75. The van der Waals surface area contributed by atoms with Crippen LogP contribution >= 0.6 is 0 Å². The maximum Gasteiger partial charge on any atom is 0.245 e. The van der Waals surface area contributed by atoms with Crippen LogP contribution in [0.5, 0.6) is 0 Å². The summed E-state index contributed by atoms with van der Waals surface area (Å²) in [6, 6.07) is -0.394. The molecule has 0 spiro atoms. The lowest BCUT2D eigenvalue weighted by Gasteiger charge is -2.24. The summed E-state index contributed by atoms with van der Waals surface area (Å²) in [6.07, 6.45) is 0.784. The quantitative estimate of drug-likeness (QED) is 0.901. The van der Waals surface area contributed by atoms with Crippen LogP contribution in [0.3, 0.4) is 0 Å². The minimum absolute atomic E-state index is 0.0465. The Labute approximate surface area is 124 Å². The number of nitrogen functional groups attached to an aromatic ring is 1. The number of likely N-dealkylation sites (N-methyl/N-ethyl adjacent to an activating group) is 1. The van der Waals surface area contributed by atoms with Gasteiger partial charge < -0.3 is 10.6 Å². The Morgan fingerprint density at radius 1 is 1.33 bits per heavy atom. The van der Waals surface area contributed by atoms with E-state index < -0.39 is 6.04 Å². The van der Waals surface area contributed by atoms with E-state index >= 15 is 0 Å². The van der Waals surface area contributed by atoms with Crippen LogP contribution in [0, 0.1) is 0 Å². The number of anilines is 1. The third-order valence-corrected chi connectivity index (χ3v) is 3.92. The fourth-order valence-electron chi connectivity index (χ4n) is 2.75. The Hall–Kier alpha value is -2.05. The molecule has 0 saturated carbocycles. The average Bonchev–Trinajstić information content (AvgIpc) is 2.96. The minimum atomic E-state index is -0.394. The van der Waals surface area contributed by atoms with Crippen LogP contribution in [0.25, 0.3) is 11.2 Å². The molecule has 21 heavy (non-hydrogen) atoms. The van der Waals surface area contributed by atoms with E-state index in [1.807, 2.05) is 34.7 Å². The molecule has 2 heterocycles. The molecule has 1 unspecified atom stereocenters. The van der Waals surface area contributed by atoms with Gasteiger partial charge in [-0.3, -0.25) is 14.0 Å². The predicted octanol–water partition coefficient (Wildman–Crippen LogP) is 1.34. The van der Waals surface area contributed by atoms with E-state index in [9.17, 15) is 4.79 Å². The van der Waals surface area contributed by atoms with Crippen molar-refractivity contribution in [1.82, 2.24) is 24.2 Å². The van der Waals surface area contributed by atoms with E-state index in [1.54, 1.807) is 14.1 Å². The summed E-state index contributed by atoms with van der Waals surface area (Å²) in [5, 5.41) is 4.45. The number of carbonyl (C=O) groups excluding carboxylic acids is 1. The number of carbonyl (C=O) groups is 1. The van der Waals surface area contributed by atoms with Gasteiger partial charge in [-0.1, -0.05) is 6.92 Å². The molecule has 2 aromatic rings. The molecule has 0 radical (unpaired) electrons. The molecule has 0 saturated heterocycles. The van der Waals surface area contributed by atoms with Gasteiger partial charge in [-0.05, 0) is 27.2 Å². The highest BCUT2D eigenvalue weighted by molar-refractivity contribution is 5.85.